The van der Waals surface area contributed by atoms with E-state index < -0.39 is 0 Å². The summed E-state index contributed by atoms with van der Waals surface area (Å²) in [7, 11) is 1.57. The van der Waals surface area contributed by atoms with Crippen LogP contribution < -0.4 is 10.1 Å². The van der Waals surface area contributed by atoms with Crippen molar-refractivity contribution in [3.05, 3.63) is 11.5 Å². The van der Waals surface area contributed by atoms with Crippen molar-refractivity contribution >= 4 is 29.2 Å². The average molecular weight is 274 g/mol. The fourth-order valence-electron chi connectivity index (χ4n) is 1.93. The van der Waals surface area contributed by atoms with Crippen LogP contribution in [-0.2, 0) is 0 Å². The number of hydrogen-bond donors (Lipinski definition) is 1. The number of ether oxygens (including phenoxy) is 1. The lowest BCUT2D eigenvalue weighted by molar-refractivity contribution is 0.377. The first-order valence-corrected chi connectivity index (χ1v) is 7.14. The van der Waals surface area contributed by atoms with Crippen LogP contribution in [0.25, 0.3) is 0 Å². The molecule has 1 heterocycles. The maximum atomic E-state index is 5.94. The van der Waals surface area contributed by atoms with Gasteiger partial charge in [-0.15, -0.1) is 0 Å². The Kier molecular flexibility index (Phi) is 3.99. The molecule has 0 bridgehead atoms. The second kappa shape index (κ2) is 5.31. The Bertz CT molecular complexity index is 393. The largest absolute Gasteiger partial charge is 0.490 e. The molecule has 2 rings (SSSR count). The molecule has 0 amide bonds. The van der Waals surface area contributed by atoms with Gasteiger partial charge in [0.1, 0.15) is 6.33 Å². The minimum absolute atomic E-state index is 0.344. The van der Waals surface area contributed by atoms with Gasteiger partial charge in [-0.1, -0.05) is 18.0 Å². The summed E-state index contributed by atoms with van der Waals surface area (Å²) in [4.78, 5) is 8.06. The molecule has 1 N–H and O–H groups in total. The molecule has 0 radical (unpaired) electrons. The highest BCUT2D eigenvalue weighted by Crippen LogP contribution is 2.43. The van der Waals surface area contributed by atoms with E-state index in [1.165, 1.54) is 25.6 Å². The van der Waals surface area contributed by atoms with E-state index in [1.54, 1.807) is 7.11 Å². The Morgan fingerprint density at radius 3 is 2.82 bits per heavy atom. The molecule has 0 aliphatic heterocycles. The lowest BCUT2D eigenvalue weighted by atomic mass is 9.84. The molecule has 1 aliphatic rings. The topological polar surface area (TPSA) is 47.0 Å². The van der Waals surface area contributed by atoms with Gasteiger partial charge in [0, 0.05) is 11.3 Å². The molecule has 0 saturated heterocycles. The summed E-state index contributed by atoms with van der Waals surface area (Å²) in [6, 6.07) is 0. The maximum absolute atomic E-state index is 5.94. The van der Waals surface area contributed by atoms with Gasteiger partial charge in [-0.3, -0.25) is 0 Å². The molecule has 0 aromatic carbocycles. The van der Waals surface area contributed by atoms with E-state index in [2.05, 4.69) is 21.5 Å². The van der Waals surface area contributed by atoms with Gasteiger partial charge in [0.25, 0.3) is 0 Å². The van der Waals surface area contributed by atoms with Crippen LogP contribution in [0, 0.1) is 0 Å². The van der Waals surface area contributed by atoms with Crippen molar-refractivity contribution in [2.75, 3.05) is 25.2 Å². The number of halogens is 1. The van der Waals surface area contributed by atoms with Crippen molar-refractivity contribution in [3.8, 4) is 5.75 Å². The van der Waals surface area contributed by atoms with Gasteiger partial charge >= 0.3 is 0 Å². The third kappa shape index (κ3) is 2.60. The smallest absolute Gasteiger partial charge is 0.198 e. The van der Waals surface area contributed by atoms with E-state index in [0.717, 1.165) is 6.54 Å². The summed E-state index contributed by atoms with van der Waals surface area (Å²) in [5, 5.41) is 3.66. The molecule has 0 atom stereocenters. The standard InChI is InChI=1S/C11H16ClN3OS/c1-16-8-9(12)14-7-15-10(8)13-6-11(17-2)4-3-5-11/h7H,3-6H2,1-2H3,(H,13,14,15). The fraction of sp³-hybridized carbons (Fsp3) is 0.636. The molecule has 1 aromatic rings. The summed E-state index contributed by atoms with van der Waals surface area (Å²) >= 11 is 7.86. The first kappa shape index (κ1) is 12.8. The molecule has 94 valence electrons. The van der Waals surface area contributed by atoms with Crippen molar-refractivity contribution in [3.63, 3.8) is 0 Å². The number of hydrogen-bond acceptors (Lipinski definition) is 5. The third-order valence-electron chi connectivity index (χ3n) is 3.24. The Hall–Kier alpha value is -0.680. The zero-order valence-electron chi connectivity index (χ0n) is 9.99. The minimum Gasteiger partial charge on any atom is -0.490 e. The third-order valence-corrected chi connectivity index (χ3v) is 4.93. The summed E-state index contributed by atoms with van der Waals surface area (Å²) in [5.74, 6) is 1.19. The zero-order chi connectivity index (χ0) is 12.3. The molecule has 0 spiro atoms. The number of anilines is 1. The van der Waals surface area contributed by atoms with Crippen LogP contribution in [0.1, 0.15) is 19.3 Å². The van der Waals surface area contributed by atoms with Crippen LogP contribution in [0.4, 0.5) is 5.82 Å². The lowest BCUT2D eigenvalue weighted by Crippen LogP contribution is -2.40. The molecule has 1 aromatic heterocycles. The monoisotopic (exact) mass is 273 g/mol. The SMILES string of the molecule is COc1c(Cl)ncnc1NCC1(SC)CCC1. The van der Waals surface area contributed by atoms with Crippen LogP contribution >= 0.6 is 23.4 Å². The highest BCUT2D eigenvalue weighted by molar-refractivity contribution is 8.00. The molecule has 1 aliphatic carbocycles. The number of aromatic nitrogens is 2. The number of rotatable bonds is 5. The van der Waals surface area contributed by atoms with Gasteiger partial charge in [0.2, 0.25) is 0 Å². The number of thioether (sulfide) groups is 1. The molecule has 4 nitrogen and oxygen atoms in total. The minimum atomic E-state index is 0.344. The van der Waals surface area contributed by atoms with Crippen LogP contribution in [-0.4, -0.2) is 34.6 Å². The van der Waals surface area contributed by atoms with Crippen molar-refractivity contribution in [2.45, 2.75) is 24.0 Å². The van der Waals surface area contributed by atoms with Crippen molar-refractivity contribution in [1.29, 1.82) is 0 Å². The quantitative estimate of drug-likeness (QED) is 0.836. The van der Waals surface area contributed by atoms with Crippen LogP contribution in [0.5, 0.6) is 5.75 Å². The van der Waals surface area contributed by atoms with E-state index in [9.17, 15) is 0 Å². The fourth-order valence-corrected chi connectivity index (χ4v) is 3.05. The summed E-state index contributed by atoms with van der Waals surface area (Å²) in [5.41, 5.74) is 0. The Balaban J connectivity index is 2.06. The van der Waals surface area contributed by atoms with Crippen molar-refractivity contribution < 1.29 is 4.74 Å². The maximum Gasteiger partial charge on any atom is 0.198 e. The van der Waals surface area contributed by atoms with Crippen LogP contribution in [0.2, 0.25) is 5.15 Å². The van der Waals surface area contributed by atoms with E-state index in [-0.39, 0.29) is 0 Å². The summed E-state index contributed by atoms with van der Waals surface area (Å²) in [6.07, 6.45) is 7.42. The number of nitrogens with one attached hydrogen (secondary N) is 1. The predicted molar refractivity (Wildman–Crippen MR) is 72.2 cm³/mol. The summed E-state index contributed by atoms with van der Waals surface area (Å²) in [6.45, 7) is 0.887. The highest BCUT2D eigenvalue weighted by Gasteiger charge is 2.36. The van der Waals surface area contributed by atoms with Gasteiger partial charge in [-0.25, -0.2) is 9.97 Å². The Morgan fingerprint density at radius 1 is 1.53 bits per heavy atom. The van der Waals surface area contributed by atoms with Gasteiger partial charge in [-0.2, -0.15) is 11.8 Å². The average Bonchev–Trinajstić information content (AvgIpc) is 2.28. The van der Waals surface area contributed by atoms with Gasteiger partial charge < -0.3 is 10.1 Å². The predicted octanol–water partition coefficient (Wildman–Crippen LogP) is 2.84. The Morgan fingerprint density at radius 2 is 2.29 bits per heavy atom. The number of nitrogens with zero attached hydrogens (tertiary/aromatic N) is 2. The van der Waals surface area contributed by atoms with E-state index in [4.69, 9.17) is 16.3 Å². The van der Waals surface area contributed by atoms with E-state index in [1.807, 2.05) is 11.8 Å². The molecule has 17 heavy (non-hydrogen) atoms. The molecule has 1 fully saturated rings. The Labute approximate surface area is 111 Å². The molecule has 0 unspecified atom stereocenters. The van der Waals surface area contributed by atoms with E-state index >= 15 is 0 Å². The molecule has 6 heteroatoms. The first-order chi connectivity index (χ1) is 8.21. The second-order valence-corrected chi connectivity index (χ2v) is 5.77. The van der Waals surface area contributed by atoms with Gasteiger partial charge in [-0.05, 0) is 19.1 Å². The number of methoxy groups -OCH3 is 1. The van der Waals surface area contributed by atoms with E-state index in [0.29, 0.717) is 21.5 Å². The normalized spacial score (nSPS) is 17.4. The first-order valence-electron chi connectivity index (χ1n) is 5.54. The van der Waals surface area contributed by atoms with Gasteiger partial charge in [0.05, 0.1) is 7.11 Å². The van der Waals surface area contributed by atoms with Crippen molar-refractivity contribution in [1.82, 2.24) is 9.97 Å². The lowest BCUT2D eigenvalue weighted by Gasteiger charge is -2.40. The zero-order valence-corrected chi connectivity index (χ0v) is 11.6. The van der Waals surface area contributed by atoms with Crippen molar-refractivity contribution in [2.24, 2.45) is 0 Å². The van der Waals surface area contributed by atoms with Crippen LogP contribution in [0.15, 0.2) is 6.33 Å². The molecular formula is C11H16ClN3OS. The molecular weight excluding hydrogens is 258 g/mol. The molecule has 1 saturated carbocycles. The van der Waals surface area contributed by atoms with Crippen LogP contribution in [0.3, 0.4) is 0 Å². The summed E-state index contributed by atoms with van der Waals surface area (Å²) < 4.78 is 5.55. The van der Waals surface area contributed by atoms with Gasteiger partial charge in [0.15, 0.2) is 16.7 Å². The highest BCUT2D eigenvalue weighted by atomic mass is 35.5. The second-order valence-electron chi connectivity index (χ2n) is 4.14.